The first-order valence-corrected chi connectivity index (χ1v) is 9.95. The normalized spacial score (nSPS) is 17.1. The van der Waals surface area contributed by atoms with Gasteiger partial charge < -0.3 is 14.4 Å². The van der Waals surface area contributed by atoms with Gasteiger partial charge in [0.05, 0.1) is 38.1 Å². The third-order valence-corrected chi connectivity index (χ3v) is 6.04. The molecule has 0 spiro atoms. The number of rotatable bonds is 3. The zero-order valence-corrected chi connectivity index (χ0v) is 16.8. The number of nitrogens with zero attached hydrogens (tertiary/aromatic N) is 3. The van der Waals surface area contributed by atoms with Crippen LogP contribution in [-0.2, 0) is 9.47 Å². The second-order valence-electron chi connectivity index (χ2n) is 6.28. The van der Waals surface area contributed by atoms with E-state index in [4.69, 9.17) is 26.2 Å². The van der Waals surface area contributed by atoms with Gasteiger partial charge in [-0.3, -0.25) is 4.79 Å². The van der Waals surface area contributed by atoms with E-state index in [-0.39, 0.29) is 12.5 Å². The molecule has 1 saturated heterocycles. The van der Waals surface area contributed by atoms with E-state index in [2.05, 4.69) is 4.90 Å². The summed E-state index contributed by atoms with van der Waals surface area (Å²) in [6, 6.07) is 7.13. The summed E-state index contributed by atoms with van der Waals surface area (Å²) in [6.07, 6.45) is 1.82. The van der Waals surface area contributed by atoms with Crippen LogP contribution in [0.15, 0.2) is 30.3 Å². The van der Waals surface area contributed by atoms with Gasteiger partial charge in [-0.2, -0.15) is 0 Å². The molecule has 7 nitrogen and oxygen atoms in total. The maximum absolute atomic E-state index is 12.8. The first-order chi connectivity index (χ1) is 13.6. The van der Waals surface area contributed by atoms with Crippen molar-refractivity contribution in [2.24, 2.45) is 0 Å². The van der Waals surface area contributed by atoms with Crippen LogP contribution in [0.1, 0.15) is 31.3 Å². The Labute approximate surface area is 171 Å². The lowest BCUT2D eigenvalue weighted by Gasteiger charge is -2.26. The predicted molar refractivity (Wildman–Crippen MR) is 107 cm³/mol. The fourth-order valence-electron chi connectivity index (χ4n) is 3.23. The second kappa shape index (κ2) is 7.90. The number of fused-ring (bicyclic) bond motifs is 1. The molecule has 146 valence electrons. The quantitative estimate of drug-likeness (QED) is 0.562. The van der Waals surface area contributed by atoms with Gasteiger partial charge in [-0.1, -0.05) is 35.6 Å². The first kappa shape index (κ1) is 18.9. The fourth-order valence-corrected chi connectivity index (χ4v) is 4.52. The first-order valence-electron chi connectivity index (χ1n) is 8.79. The highest BCUT2D eigenvalue weighted by Crippen LogP contribution is 2.37. The van der Waals surface area contributed by atoms with Gasteiger partial charge in [0, 0.05) is 30.4 Å². The van der Waals surface area contributed by atoms with Crippen molar-refractivity contribution in [3.63, 3.8) is 0 Å². The Balaban J connectivity index is 1.84. The van der Waals surface area contributed by atoms with Crippen LogP contribution in [0.3, 0.4) is 0 Å². The van der Waals surface area contributed by atoms with Gasteiger partial charge >= 0.3 is 5.97 Å². The van der Waals surface area contributed by atoms with Crippen LogP contribution in [0.25, 0.3) is 5.57 Å². The third kappa shape index (κ3) is 3.39. The van der Waals surface area contributed by atoms with Gasteiger partial charge in [0.15, 0.2) is 5.13 Å². The van der Waals surface area contributed by atoms with E-state index in [1.165, 1.54) is 18.4 Å². The molecule has 2 aliphatic heterocycles. The molecule has 1 amide bonds. The summed E-state index contributed by atoms with van der Waals surface area (Å²) in [4.78, 5) is 32.4. The summed E-state index contributed by atoms with van der Waals surface area (Å²) >= 11 is 7.48. The Morgan fingerprint density at radius 3 is 2.79 bits per heavy atom. The number of carbonyl (C=O) groups is 2. The van der Waals surface area contributed by atoms with Crippen LogP contribution in [0, 0.1) is 0 Å². The smallest absolute Gasteiger partial charge is 0.338 e. The summed E-state index contributed by atoms with van der Waals surface area (Å²) in [7, 11) is 1.34. The number of anilines is 1. The lowest BCUT2D eigenvalue weighted by Crippen LogP contribution is -2.36. The Morgan fingerprint density at radius 2 is 2.04 bits per heavy atom. The molecule has 2 aliphatic rings. The number of amides is 1. The molecule has 0 bridgehead atoms. The number of methoxy groups -OCH3 is 1. The van der Waals surface area contributed by atoms with Crippen LogP contribution >= 0.6 is 23.1 Å². The number of carbonyl (C=O) groups excluding carboxylic acids is 2. The summed E-state index contributed by atoms with van der Waals surface area (Å²) in [5, 5.41) is 0.745. The van der Waals surface area contributed by atoms with Crippen molar-refractivity contribution >= 4 is 45.7 Å². The molecule has 0 saturated carbocycles. The predicted octanol–water partition coefficient (Wildman–Crippen LogP) is 2.81. The topological polar surface area (TPSA) is 72.0 Å². The average Bonchev–Trinajstić information content (AvgIpc) is 3.14. The Morgan fingerprint density at radius 1 is 1.29 bits per heavy atom. The lowest BCUT2D eigenvalue weighted by atomic mass is 9.96. The number of esters is 1. The van der Waals surface area contributed by atoms with Crippen molar-refractivity contribution < 1.29 is 19.1 Å². The number of benzene rings is 1. The summed E-state index contributed by atoms with van der Waals surface area (Å²) in [5.74, 6) is -0.740. The SMILES string of the molecule is COC(=O)c1ccccc1C1=CCN(Cl)C(=O)c2sc(N3CCOCC3)nc21. The molecule has 0 radical (unpaired) electrons. The molecule has 3 heterocycles. The number of thiazole rings is 1. The average molecular weight is 420 g/mol. The molecule has 0 aliphatic carbocycles. The molecule has 28 heavy (non-hydrogen) atoms. The summed E-state index contributed by atoms with van der Waals surface area (Å²) in [6.45, 7) is 2.87. The van der Waals surface area contributed by atoms with E-state index in [1.807, 2.05) is 18.2 Å². The standard InChI is InChI=1S/C19H18ClN3O4S/c1-26-18(25)14-5-3-2-4-12(14)13-6-7-23(20)17(24)16-15(13)21-19(28-16)22-8-10-27-11-9-22/h2-6H,7-11H2,1H3. The van der Waals surface area contributed by atoms with Crippen LogP contribution in [0.4, 0.5) is 5.13 Å². The minimum atomic E-state index is -0.444. The molecule has 0 unspecified atom stereocenters. The number of aromatic nitrogens is 1. The molecule has 1 aromatic heterocycles. The van der Waals surface area contributed by atoms with Crippen LogP contribution < -0.4 is 4.90 Å². The van der Waals surface area contributed by atoms with Crippen LogP contribution in [0.2, 0.25) is 0 Å². The third-order valence-electron chi connectivity index (χ3n) is 4.65. The van der Waals surface area contributed by atoms with E-state index in [1.54, 1.807) is 12.1 Å². The van der Waals surface area contributed by atoms with Gasteiger partial charge in [0.1, 0.15) is 4.88 Å². The Bertz CT molecular complexity index is 952. The van der Waals surface area contributed by atoms with Gasteiger partial charge in [-0.15, -0.1) is 0 Å². The highest BCUT2D eigenvalue weighted by Gasteiger charge is 2.31. The molecule has 1 fully saturated rings. The number of hydrogen-bond acceptors (Lipinski definition) is 7. The second-order valence-corrected chi connectivity index (χ2v) is 7.66. The van der Waals surface area contributed by atoms with Gasteiger partial charge in [0.25, 0.3) is 5.91 Å². The maximum atomic E-state index is 12.8. The van der Waals surface area contributed by atoms with Crippen molar-refractivity contribution in [1.82, 2.24) is 9.40 Å². The van der Waals surface area contributed by atoms with Crippen molar-refractivity contribution in [3.05, 3.63) is 52.0 Å². The van der Waals surface area contributed by atoms with E-state index < -0.39 is 5.97 Å². The lowest BCUT2D eigenvalue weighted by molar-refractivity contribution is 0.0600. The number of morpholine rings is 1. The summed E-state index contributed by atoms with van der Waals surface area (Å²) in [5.41, 5.74) is 2.31. The molecule has 4 rings (SSSR count). The van der Waals surface area contributed by atoms with E-state index in [0.717, 1.165) is 9.55 Å². The van der Waals surface area contributed by atoms with Gasteiger partial charge in [-0.05, 0) is 11.6 Å². The molecule has 9 heteroatoms. The highest BCUT2D eigenvalue weighted by atomic mass is 35.5. The van der Waals surface area contributed by atoms with Gasteiger partial charge in [-0.25, -0.2) is 14.2 Å². The molecular weight excluding hydrogens is 402 g/mol. The van der Waals surface area contributed by atoms with Crippen molar-refractivity contribution in [2.75, 3.05) is 44.9 Å². The van der Waals surface area contributed by atoms with Crippen molar-refractivity contribution in [2.45, 2.75) is 0 Å². The highest BCUT2D eigenvalue weighted by molar-refractivity contribution is 7.17. The van der Waals surface area contributed by atoms with Crippen LogP contribution in [-0.4, -0.2) is 61.2 Å². The molecule has 0 N–H and O–H groups in total. The van der Waals surface area contributed by atoms with Crippen molar-refractivity contribution in [1.29, 1.82) is 0 Å². The zero-order chi connectivity index (χ0) is 19.7. The zero-order valence-electron chi connectivity index (χ0n) is 15.2. The van der Waals surface area contributed by atoms with Crippen LogP contribution in [0.5, 0.6) is 0 Å². The minimum absolute atomic E-state index is 0.210. The number of ether oxygens (including phenoxy) is 2. The summed E-state index contributed by atoms with van der Waals surface area (Å²) < 4.78 is 11.5. The number of halogens is 1. The molecule has 1 aromatic carbocycles. The maximum Gasteiger partial charge on any atom is 0.338 e. The minimum Gasteiger partial charge on any atom is -0.465 e. The molecule has 0 atom stereocenters. The van der Waals surface area contributed by atoms with Crippen molar-refractivity contribution in [3.8, 4) is 0 Å². The van der Waals surface area contributed by atoms with E-state index in [0.29, 0.717) is 53.6 Å². The molecule has 2 aromatic rings. The monoisotopic (exact) mass is 419 g/mol. The largest absolute Gasteiger partial charge is 0.465 e. The van der Waals surface area contributed by atoms with E-state index in [9.17, 15) is 9.59 Å². The van der Waals surface area contributed by atoms with Gasteiger partial charge in [0.2, 0.25) is 0 Å². The number of hydrogen-bond donors (Lipinski definition) is 0. The Hall–Kier alpha value is -2.42. The molecular formula is C19H18ClN3O4S. The van der Waals surface area contributed by atoms with E-state index >= 15 is 0 Å². The Kier molecular flexibility index (Phi) is 5.34. The fraction of sp³-hybridized carbons (Fsp3) is 0.316.